The van der Waals surface area contributed by atoms with E-state index in [9.17, 15) is 4.79 Å². The predicted molar refractivity (Wildman–Crippen MR) is 60.7 cm³/mol. The first kappa shape index (κ1) is 11.4. The fourth-order valence-electron chi connectivity index (χ4n) is 1.33. The molecule has 0 unspecified atom stereocenters. The second kappa shape index (κ2) is 4.84. The van der Waals surface area contributed by atoms with Gasteiger partial charge in [0.25, 0.3) is 0 Å². The highest BCUT2D eigenvalue weighted by Gasteiger charge is 2.22. The molecule has 0 radical (unpaired) electrons. The molecule has 1 aromatic rings. The van der Waals surface area contributed by atoms with E-state index in [1.807, 2.05) is 0 Å². The summed E-state index contributed by atoms with van der Waals surface area (Å²) in [7, 11) is 1.35. The highest BCUT2D eigenvalue weighted by atomic mass is 79.9. The van der Waals surface area contributed by atoms with Gasteiger partial charge in [0.2, 0.25) is 0 Å². The molecule has 0 amide bonds. The summed E-state index contributed by atoms with van der Waals surface area (Å²) in [5, 5.41) is 0. The van der Waals surface area contributed by atoms with Gasteiger partial charge in [0.15, 0.2) is 0 Å². The lowest BCUT2D eigenvalue weighted by Gasteiger charge is -2.27. The van der Waals surface area contributed by atoms with Crippen molar-refractivity contribution in [2.75, 3.05) is 20.3 Å². The molecule has 1 aromatic carbocycles. The lowest BCUT2D eigenvalue weighted by Crippen LogP contribution is -2.38. The lowest BCUT2D eigenvalue weighted by molar-refractivity contribution is -0.0799. The molecule has 0 bridgehead atoms. The second-order valence-electron chi connectivity index (χ2n) is 3.39. The molecule has 0 saturated carbocycles. The van der Waals surface area contributed by atoms with Crippen molar-refractivity contribution in [2.45, 2.75) is 6.10 Å². The van der Waals surface area contributed by atoms with Gasteiger partial charge in [-0.25, -0.2) is 4.79 Å². The maximum Gasteiger partial charge on any atom is 0.339 e. The van der Waals surface area contributed by atoms with E-state index in [0.29, 0.717) is 29.0 Å². The number of hydrogen-bond donors (Lipinski definition) is 0. The summed E-state index contributed by atoms with van der Waals surface area (Å²) >= 11 is 3.34. The van der Waals surface area contributed by atoms with Crippen molar-refractivity contribution in [3.8, 4) is 5.75 Å². The zero-order valence-corrected chi connectivity index (χ0v) is 10.3. The number of benzene rings is 1. The SMILES string of the molecule is COC(=O)c1cccc(OC2COC2)c1Br. The van der Waals surface area contributed by atoms with Gasteiger partial charge in [0.1, 0.15) is 11.9 Å². The number of ether oxygens (including phenoxy) is 3. The molecule has 0 aliphatic carbocycles. The van der Waals surface area contributed by atoms with Gasteiger partial charge in [0.05, 0.1) is 30.4 Å². The summed E-state index contributed by atoms with van der Waals surface area (Å²) in [5.41, 5.74) is 0.459. The standard InChI is InChI=1S/C11H11BrO4/c1-14-11(13)8-3-2-4-9(10(8)12)16-7-5-15-6-7/h2-4,7H,5-6H2,1H3. The average Bonchev–Trinajstić information content (AvgIpc) is 2.24. The number of carbonyl (C=O) groups is 1. The summed E-state index contributed by atoms with van der Waals surface area (Å²) < 4.78 is 15.9. The van der Waals surface area contributed by atoms with E-state index in [1.165, 1.54) is 7.11 Å². The zero-order chi connectivity index (χ0) is 11.5. The number of hydrogen-bond acceptors (Lipinski definition) is 4. The second-order valence-corrected chi connectivity index (χ2v) is 4.18. The fraction of sp³-hybridized carbons (Fsp3) is 0.364. The zero-order valence-electron chi connectivity index (χ0n) is 8.73. The van der Waals surface area contributed by atoms with Gasteiger partial charge in [-0.1, -0.05) is 6.07 Å². The Hall–Kier alpha value is -1.07. The van der Waals surface area contributed by atoms with Crippen molar-refractivity contribution in [2.24, 2.45) is 0 Å². The molecular formula is C11H11BrO4. The smallest absolute Gasteiger partial charge is 0.339 e. The summed E-state index contributed by atoms with van der Waals surface area (Å²) in [5.74, 6) is 0.249. The molecule has 1 aliphatic heterocycles. The molecule has 86 valence electrons. The monoisotopic (exact) mass is 286 g/mol. The normalized spacial score (nSPS) is 15.4. The van der Waals surface area contributed by atoms with Crippen LogP contribution in [0.1, 0.15) is 10.4 Å². The van der Waals surface area contributed by atoms with Gasteiger partial charge in [-0.3, -0.25) is 0 Å². The Balaban J connectivity index is 2.21. The third-order valence-corrected chi connectivity index (χ3v) is 3.09. The van der Waals surface area contributed by atoms with E-state index in [2.05, 4.69) is 20.7 Å². The van der Waals surface area contributed by atoms with Crippen molar-refractivity contribution in [3.05, 3.63) is 28.2 Å². The molecule has 2 rings (SSSR count). The van der Waals surface area contributed by atoms with Crippen LogP contribution in [0.5, 0.6) is 5.75 Å². The van der Waals surface area contributed by atoms with E-state index in [-0.39, 0.29) is 12.1 Å². The maximum atomic E-state index is 11.4. The van der Waals surface area contributed by atoms with Gasteiger partial charge in [-0.15, -0.1) is 0 Å². The summed E-state index contributed by atoms with van der Waals surface area (Å²) in [6, 6.07) is 5.24. The minimum atomic E-state index is -0.387. The number of rotatable bonds is 3. The largest absolute Gasteiger partial charge is 0.484 e. The minimum Gasteiger partial charge on any atom is -0.484 e. The Morgan fingerprint density at radius 3 is 2.81 bits per heavy atom. The predicted octanol–water partition coefficient (Wildman–Crippen LogP) is 2.01. The van der Waals surface area contributed by atoms with Crippen LogP contribution in [-0.2, 0) is 9.47 Å². The molecular weight excluding hydrogens is 276 g/mol. The van der Waals surface area contributed by atoms with Crippen molar-refractivity contribution in [3.63, 3.8) is 0 Å². The Morgan fingerprint density at radius 2 is 2.25 bits per heavy atom. The molecule has 16 heavy (non-hydrogen) atoms. The molecule has 1 aliphatic rings. The van der Waals surface area contributed by atoms with Crippen LogP contribution in [0, 0.1) is 0 Å². The summed E-state index contributed by atoms with van der Waals surface area (Å²) in [6.07, 6.45) is 0.0733. The van der Waals surface area contributed by atoms with Crippen LogP contribution in [0.3, 0.4) is 0 Å². The lowest BCUT2D eigenvalue weighted by atomic mass is 10.2. The van der Waals surface area contributed by atoms with E-state index in [4.69, 9.17) is 9.47 Å². The van der Waals surface area contributed by atoms with E-state index in [1.54, 1.807) is 18.2 Å². The molecule has 0 aromatic heterocycles. The Labute approximate surface area is 102 Å². The quantitative estimate of drug-likeness (QED) is 0.798. The minimum absolute atomic E-state index is 0.0733. The van der Waals surface area contributed by atoms with E-state index >= 15 is 0 Å². The van der Waals surface area contributed by atoms with Crippen LogP contribution in [0.4, 0.5) is 0 Å². The topological polar surface area (TPSA) is 44.8 Å². The molecule has 0 spiro atoms. The third kappa shape index (κ3) is 2.20. The van der Waals surface area contributed by atoms with Gasteiger partial charge < -0.3 is 14.2 Å². The summed E-state index contributed by atoms with van der Waals surface area (Å²) in [4.78, 5) is 11.4. The molecule has 1 heterocycles. The fourth-order valence-corrected chi connectivity index (χ4v) is 1.85. The van der Waals surface area contributed by atoms with Crippen LogP contribution in [-0.4, -0.2) is 32.4 Å². The van der Waals surface area contributed by atoms with E-state index < -0.39 is 0 Å². The highest BCUT2D eigenvalue weighted by molar-refractivity contribution is 9.10. The van der Waals surface area contributed by atoms with Crippen molar-refractivity contribution in [1.82, 2.24) is 0 Å². The first-order chi connectivity index (χ1) is 7.72. The van der Waals surface area contributed by atoms with Crippen LogP contribution in [0.25, 0.3) is 0 Å². The molecule has 1 saturated heterocycles. The van der Waals surface area contributed by atoms with Crippen LogP contribution >= 0.6 is 15.9 Å². The summed E-state index contributed by atoms with van der Waals surface area (Å²) in [6.45, 7) is 1.18. The van der Waals surface area contributed by atoms with Crippen molar-refractivity contribution < 1.29 is 19.0 Å². The molecule has 1 fully saturated rings. The average molecular weight is 287 g/mol. The number of methoxy groups -OCH3 is 1. The van der Waals surface area contributed by atoms with Gasteiger partial charge in [-0.05, 0) is 28.1 Å². The van der Waals surface area contributed by atoms with Gasteiger partial charge in [0, 0.05) is 0 Å². The Kier molecular flexibility index (Phi) is 3.46. The third-order valence-electron chi connectivity index (χ3n) is 2.27. The van der Waals surface area contributed by atoms with E-state index in [0.717, 1.165) is 0 Å². The number of esters is 1. The van der Waals surface area contributed by atoms with Crippen LogP contribution in [0.2, 0.25) is 0 Å². The Morgan fingerprint density at radius 1 is 1.50 bits per heavy atom. The van der Waals surface area contributed by atoms with Crippen molar-refractivity contribution >= 4 is 21.9 Å². The Bertz CT molecular complexity index is 401. The maximum absolute atomic E-state index is 11.4. The van der Waals surface area contributed by atoms with Crippen LogP contribution < -0.4 is 4.74 Å². The highest BCUT2D eigenvalue weighted by Crippen LogP contribution is 2.30. The molecule has 4 nitrogen and oxygen atoms in total. The first-order valence-electron chi connectivity index (χ1n) is 4.83. The molecule has 0 N–H and O–H groups in total. The van der Waals surface area contributed by atoms with Crippen LogP contribution in [0.15, 0.2) is 22.7 Å². The molecule has 5 heteroatoms. The first-order valence-corrected chi connectivity index (χ1v) is 5.63. The number of carbonyl (C=O) groups excluding carboxylic acids is 1. The van der Waals surface area contributed by atoms with Gasteiger partial charge >= 0.3 is 5.97 Å². The number of halogens is 1. The van der Waals surface area contributed by atoms with Crippen molar-refractivity contribution in [1.29, 1.82) is 0 Å². The van der Waals surface area contributed by atoms with Gasteiger partial charge in [-0.2, -0.15) is 0 Å². The molecule has 0 atom stereocenters.